The quantitative estimate of drug-likeness (QED) is 0.757. The van der Waals surface area contributed by atoms with Gasteiger partial charge in [0.15, 0.2) is 0 Å². The van der Waals surface area contributed by atoms with Gasteiger partial charge in [0, 0.05) is 10.5 Å². The highest BCUT2D eigenvalue weighted by atomic mass is 79.9. The molecule has 0 heterocycles. The molecule has 1 N–H and O–H groups in total. The zero-order valence-corrected chi connectivity index (χ0v) is 14.1. The molecular weight excluding hydrogens is 329 g/mol. The summed E-state index contributed by atoms with van der Waals surface area (Å²) in [6, 6.07) is 13.4. The van der Waals surface area contributed by atoms with Crippen LogP contribution in [0.25, 0.3) is 0 Å². The van der Waals surface area contributed by atoms with Gasteiger partial charge in [-0.05, 0) is 67.3 Å². The van der Waals surface area contributed by atoms with Crippen molar-refractivity contribution in [2.24, 2.45) is 0 Å². The van der Waals surface area contributed by atoms with Crippen LogP contribution in [0.3, 0.4) is 0 Å². The van der Waals surface area contributed by atoms with Crippen LogP contribution in [0, 0.1) is 12.7 Å². The fourth-order valence-corrected chi connectivity index (χ4v) is 2.83. The van der Waals surface area contributed by atoms with Gasteiger partial charge >= 0.3 is 0 Å². The van der Waals surface area contributed by atoms with E-state index in [0.29, 0.717) is 0 Å². The number of hydrogen-bond donors (Lipinski definition) is 1. The van der Waals surface area contributed by atoms with Gasteiger partial charge in [-0.3, -0.25) is 0 Å². The normalized spacial score (nSPS) is 12.4. The van der Waals surface area contributed by atoms with Gasteiger partial charge in [0.05, 0.1) is 0 Å². The van der Waals surface area contributed by atoms with Gasteiger partial charge < -0.3 is 5.32 Å². The Morgan fingerprint density at radius 2 is 1.86 bits per heavy atom. The molecule has 0 bridgehead atoms. The van der Waals surface area contributed by atoms with Gasteiger partial charge in [0.2, 0.25) is 0 Å². The van der Waals surface area contributed by atoms with E-state index in [1.54, 1.807) is 0 Å². The Bertz CT molecular complexity index is 580. The van der Waals surface area contributed by atoms with Crippen LogP contribution in [0.15, 0.2) is 46.9 Å². The van der Waals surface area contributed by atoms with Crippen LogP contribution in [0.5, 0.6) is 0 Å². The number of hydrogen-bond acceptors (Lipinski definition) is 1. The maximum atomic E-state index is 13.0. The van der Waals surface area contributed by atoms with Gasteiger partial charge in [0.25, 0.3) is 0 Å². The first kappa shape index (κ1) is 16.2. The molecule has 0 aliphatic heterocycles. The van der Waals surface area contributed by atoms with Crippen molar-refractivity contribution in [3.8, 4) is 0 Å². The average molecular weight is 350 g/mol. The van der Waals surface area contributed by atoms with Crippen molar-refractivity contribution in [2.45, 2.75) is 32.7 Å². The zero-order valence-electron chi connectivity index (χ0n) is 12.5. The maximum absolute atomic E-state index is 13.0. The smallest absolute Gasteiger partial charge is 0.123 e. The Balaban J connectivity index is 2.25. The van der Waals surface area contributed by atoms with Crippen LogP contribution in [0.4, 0.5) is 4.39 Å². The van der Waals surface area contributed by atoms with Gasteiger partial charge in [-0.15, -0.1) is 0 Å². The van der Waals surface area contributed by atoms with E-state index in [2.05, 4.69) is 53.3 Å². The SMILES string of the molecule is CCCNC(Cc1ccc(F)cc1)c1cc(Br)ccc1C. The number of aryl methyl sites for hydroxylation is 1. The van der Waals surface area contributed by atoms with Crippen molar-refractivity contribution in [3.05, 3.63) is 69.4 Å². The molecule has 0 aromatic heterocycles. The third kappa shape index (κ3) is 4.65. The summed E-state index contributed by atoms with van der Waals surface area (Å²) in [6.07, 6.45) is 1.95. The first-order valence-corrected chi connectivity index (χ1v) is 8.13. The van der Waals surface area contributed by atoms with E-state index in [0.717, 1.165) is 29.4 Å². The summed E-state index contributed by atoms with van der Waals surface area (Å²) in [5, 5.41) is 3.60. The fraction of sp³-hybridized carbons (Fsp3) is 0.333. The minimum absolute atomic E-state index is 0.185. The van der Waals surface area contributed by atoms with Crippen molar-refractivity contribution < 1.29 is 4.39 Å². The number of halogens is 2. The predicted octanol–water partition coefficient (Wildman–Crippen LogP) is 5.18. The predicted molar refractivity (Wildman–Crippen MR) is 90.0 cm³/mol. The Hall–Kier alpha value is -1.19. The van der Waals surface area contributed by atoms with Gasteiger partial charge in [0.1, 0.15) is 5.82 Å². The molecule has 0 aliphatic rings. The minimum Gasteiger partial charge on any atom is -0.310 e. The van der Waals surface area contributed by atoms with Crippen molar-refractivity contribution >= 4 is 15.9 Å². The molecule has 0 amide bonds. The number of benzene rings is 2. The minimum atomic E-state index is -0.185. The van der Waals surface area contributed by atoms with E-state index in [4.69, 9.17) is 0 Å². The molecule has 3 heteroatoms. The lowest BCUT2D eigenvalue weighted by atomic mass is 9.95. The van der Waals surface area contributed by atoms with E-state index in [-0.39, 0.29) is 11.9 Å². The summed E-state index contributed by atoms with van der Waals surface area (Å²) in [5.41, 5.74) is 3.71. The lowest BCUT2D eigenvalue weighted by Crippen LogP contribution is -2.24. The average Bonchev–Trinajstić information content (AvgIpc) is 2.48. The summed E-state index contributed by atoms with van der Waals surface area (Å²) in [5.74, 6) is -0.185. The molecule has 112 valence electrons. The molecular formula is C18H21BrFN. The van der Waals surface area contributed by atoms with Crippen LogP contribution < -0.4 is 5.32 Å². The summed E-state index contributed by atoms with van der Waals surface area (Å²) in [7, 11) is 0. The maximum Gasteiger partial charge on any atom is 0.123 e. The number of nitrogens with one attached hydrogen (secondary N) is 1. The Kier molecular flexibility index (Phi) is 5.95. The van der Waals surface area contributed by atoms with Crippen LogP contribution in [0.1, 0.15) is 36.1 Å². The summed E-state index contributed by atoms with van der Waals surface area (Å²) in [4.78, 5) is 0. The van der Waals surface area contributed by atoms with Gasteiger partial charge in [-0.2, -0.15) is 0 Å². The lowest BCUT2D eigenvalue weighted by molar-refractivity contribution is 0.526. The highest BCUT2D eigenvalue weighted by Gasteiger charge is 2.14. The zero-order chi connectivity index (χ0) is 15.2. The molecule has 0 saturated heterocycles. The van der Waals surface area contributed by atoms with Crippen LogP contribution in [-0.2, 0) is 6.42 Å². The fourth-order valence-electron chi connectivity index (χ4n) is 2.45. The van der Waals surface area contributed by atoms with E-state index in [9.17, 15) is 4.39 Å². The van der Waals surface area contributed by atoms with Crippen LogP contribution in [-0.4, -0.2) is 6.54 Å². The Labute approximate surface area is 134 Å². The van der Waals surface area contributed by atoms with Crippen LogP contribution in [0.2, 0.25) is 0 Å². The largest absolute Gasteiger partial charge is 0.310 e. The number of rotatable bonds is 6. The molecule has 0 spiro atoms. The lowest BCUT2D eigenvalue weighted by Gasteiger charge is -2.21. The summed E-state index contributed by atoms with van der Waals surface area (Å²) < 4.78 is 14.1. The summed E-state index contributed by atoms with van der Waals surface area (Å²) >= 11 is 3.55. The first-order valence-electron chi connectivity index (χ1n) is 7.34. The second-order valence-corrected chi connectivity index (χ2v) is 6.25. The highest BCUT2D eigenvalue weighted by molar-refractivity contribution is 9.10. The Morgan fingerprint density at radius 1 is 1.14 bits per heavy atom. The third-order valence-electron chi connectivity index (χ3n) is 3.61. The van der Waals surface area contributed by atoms with E-state index in [1.165, 1.54) is 23.3 Å². The highest BCUT2D eigenvalue weighted by Crippen LogP contribution is 2.25. The van der Waals surface area contributed by atoms with Gasteiger partial charge in [-0.1, -0.05) is 41.1 Å². The molecule has 0 aliphatic carbocycles. The van der Waals surface area contributed by atoms with E-state index >= 15 is 0 Å². The second-order valence-electron chi connectivity index (χ2n) is 5.34. The topological polar surface area (TPSA) is 12.0 Å². The van der Waals surface area contributed by atoms with E-state index in [1.807, 2.05) is 12.1 Å². The molecule has 1 unspecified atom stereocenters. The molecule has 21 heavy (non-hydrogen) atoms. The monoisotopic (exact) mass is 349 g/mol. The molecule has 0 saturated carbocycles. The van der Waals surface area contributed by atoms with Crippen molar-refractivity contribution in [1.29, 1.82) is 0 Å². The van der Waals surface area contributed by atoms with Crippen LogP contribution >= 0.6 is 15.9 Å². The van der Waals surface area contributed by atoms with Crippen molar-refractivity contribution in [3.63, 3.8) is 0 Å². The second kappa shape index (κ2) is 7.71. The van der Waals surface area contributed by atoms with Crippen molar-refractivity contribution in [2.75, 3.05) is 6.54 Å². The molecule has 0 radical (unpaired) electrons. The van der Waals surface area contributed by atoms with Crippen molar-refractivity contribution in [1.82, 2.24) is 5.32 Å². The third-order valence-corrected chi connectivity index (χ3v) is 4.10. The Morgan fingerprint density at radius 3 is 2.52 bits per heavy atom. The molecule has 2 rings (SSSR count). The molecule has 2 aromatic carbocycles. The summed E-state index contributed by atoms with van der Waals surface area (Å²) in [6.45, 7) is 5.26. The molecule has 1 atom stereocenters. The standard InChI is InChI=1S/C18H21BrFN/c1-3-10-21-18(11-14-5-8-16(20)9-6-14)17-12-15(19)7-4-13(17)2/h4-9,12,18,21H,3,10-11H2,1-2H3. The molecule has 1 nitrogen and oxygen atoms in total. The molecule has 2 aromatic rings. The molecule has 0 fully saturated rings. The first-order chi connectivity index (χ1) is 10.1. The van der Waals surface area contributed by atoms with Gasteiger partial charge in [-0.25, -0.2) is 4.39 Å². The van der Waals surface area contributed by atoms with E-state index < -0.39 is 0 Å².